The van der Waals surface area contributed by atoms with Gasteiger partial charge < -0.3 is 26.1 Å². The van der Waals surface area contributed by atoms with Gasteiger partial charge in [0.15, 0.2) is 0 Å². The first-order chi connectivity index (χ1) is 15.6. The highest BCUT2D eigenvalue weighted by Gasteiger charge is 2.20. The Kier molecular flexibility index (Phi) is 6.65. The number of nitrogens with one attached hydrogen (secondary N) is 2. The van der Waals surface area contributed by atoms with Crippen LogP contribution < -0.4 is 15.8 Å². The molecule has 32 heavy (non-hydrogen) atoms. The van der Waals surface area contributed by atoms with E-state index in [0.29, 0.717) is 17.0 Å². The SMILES string of the molecule is COc1cc(N)c(C=N)cc1Nc1ncnc2sc3c(c12)CCCC3.O=CN1CC=CC1. The molecule has 1 aliphatic carbocycles. The normalized spacial score (nSPS) is 14.5. The average molecular weight is 451 g/mol. The molecule has 4 N–H and O–H groups in total. The molecule has 1 aliphatic heterocycles. The largest absolute Gasteiger partial charge is 0.494 e. The summed E-state index contributed by atoms with van der Waals surface area (Å²) in [5, 5.41) is 12.0. The minimum Gasteiger partial charge on any atom is -0.494 e. The van der Waals surface area contributed by atoms with Crippen molar-refractivity contribution in [1.29, 1.82) is 5.41 Å². The fourth-order valence-corrected chi connectivity index (χ4v) is 5.13. The van der Waals surface area contributed by atoms with Crippen LogP contribution in [-0.2, 0) is 17.6 Å². The molecular weight excluding hydrogens is 424 g/mol. The van der Waals surface area contributed by atoms with E-state index in [-0.39, 0.29) is 0 Å². The molecule has 1 amide bonds. The Labute approximate surface area is 190 Å². The zero-order valence-corrected chi connectivity index (χ0v) is 18.7. The minimum atomic E-state index is 0.512. The van der Waals surface area contributed by atoms with Crippen molar-refractivity contribution in [1.82, 2.24) is 14.9 Å². The van der Waals surface area contributed by atoms with Crippen molar-refractivity contribution in [2.24, 2.45) is 0 Å². The quantitative estimate of drug-likeness (QED) is 0.235. The summed E-state index contributed by atoms with van der Waals surface area (Å²) in [6.07, 6.45) is 12.3. The lowest BCUT2D eigenvalue weighted by molar-refractivity contribution is -0.116. The number of fused-ring (bicyclic) bond motifs is 3. The summed E-state index contributed by atoms with van der Waals surface area (Å²) in [4.78, 5) is 23.0. The molecule has 166 valence electrons. The monoisotopic (exact) mass is 450 g/mol. The highest BCUT2D eigenvalue weighted by Crippen LogP contribution is 2.40. The lowest BCUT2D eigenvalue weighted by Crippen LogP contribution is -2.16. The molecule has 0 atom stereocenters. The standard InChI is InChI=1S/C18H19N5OS.C5H7NO/c1-24-14-7-12(20)10(8-19)6-13(14)23-17-16-11-4-2-3-5-15(11)25-18(16)22-9-21-17;7-5-6-3-1-2-4-6/h6-9,19H,2-5,20H2,1H3,(H,21,22,23);1-2,5H,3-4H2. The van der Waals surface area contributed by atoms with E-state index in [1.54, 1.807) is 35.7 Å². The van der Waals surface area contributed by atoms with Crippen molar-refractivity contribution in [3.05, 3.63) is 46.6 Å². The Morgan fingerprint density at radius 2 is 2.00 bits per heavy atom. The summed E-state index contributed by atoms with van der Waals surface area (Å²) in [5.74, 6) is 1.40. The van der Waals surface area contributed by atoms with Crippen molar-refractivity contribution in [2.75, 3.05) is 31.2 Å². The molecule has 3 heterocycles. The number of ether oxygens (including phenoxy) is 1. The Morgan fingerprint density at radius 1 is 1.22 bits per heavy atom. The Morgan fingerprint density at radius 3 is 2.69 bits per heavy atom. The lowest BCUT2D eigenvalue weighted by Gasteiger charge is -2.15. The van der Waals surface area contributed by atoms with Gasteiger partial charge in [-0.25, -0.2) is 9.97 Å². The molecule has 0 spiro atoms. The van der Waals surface area contributed by atoms with E-state index in [4.69, 9.17) is 15.9 Å². The molecule has 5 rings (SSSR count). The second kappa shape index (κ2) is 9.78. The highest BCUT2D eigenvalue weighted by molar-refractivity contribution is 7.19. The molecule has 1 aromatic carbocycles. The molecule has 8 nitrogen and oxygen atoms in total. The molecule has 9 heteroatoms. The van der Waals surface area contributed by atoms with Gasteiger partial charge in [-0.05, 0) is 37.3 Å². The number of hydrogen-bond acceptors (Lipinski definition) is 8. The van der Waals surface area contributed by atoms with Gasteiger partial charge in [0.2, 0.25) is 6.41 Å². The van der Waals surface area contributed by atoms with Gasteiger partial charge >= 0.3 is 0 Å². The van der Waals surface area contributed by atoms with Crippen LogP contribution in [0, 0.1) is 5.41 Å². The Hall–Kier alpha value is -3.46. The van der Waals surface area contributed by atoms with E-state index in [2.05, 4.69) is 15.3 Å². The second-order valence-corrected chi connectivity index (χ2v) is 8.68. The van der Waals surface area contributed by atoms with Crippen LogP contribution in [0.1, 0.15) is 28.8 Å². The highest BCUT2D eigenvalue weighted by atomic mass is 32.1. The maximum atomic E-state index is 9.89. The summed E-state index contributed by atoms with van der Waals surface area (Å²) in [6.45, 7) is 1.59. The molecule has 2 aliphatic rings. The van der Waals surface area contributed by atoms with Crippen molar-refractivity contribution in [3.63, 3.8) is 0 Å². The molecule has 0 saturated carbocycles. The first kappa shape index (κ1) is 21.8. The van der Waals surface area contributed by atoms with Gasteiger partial charge in [0.05, 0.1) is 18.2 Å². The number of anilines is 3. The molecule has 2 aromatic heterocycles. The fraction of sp³-hybridized carbons (Fsp3) is 0.304. The molecule has 0 saturated heterocycles. The molecule has 0 radical (unpaired) electrons. The number of amides is 1. The second-order valence-electron chi connectivity index (χ2n) is 7.59. The first-order valence-corrected chi connectivity index (χ1v) is 11.3. The predicted octanol–water partition coefficient (Wildman–Crippen LogP) is 3.92. The van der Waals surface area contributed by atoms with E-state index in [0.717, 1.165) is 54.1 Å². The maximum absolute atomic E-state index is 9.89. The van der Waals surface area contributed by atoms with Gasteiger partial charge in [0.1, 0.15) is 22.7 Å². The number of aryl methyl sites for hydroxylation is 2. The maximum Gasteiger partial charge on any atom is 0.210 e. The van der Waals surface area contributed by atoms with Crippen molar-refractivity contribution in [3.8, 4) is 5.75 Å². The van der Waals surface area contributed by atoms with E-state index in [1.165, 1.54) is 29.5 Å². The van der Waals surface area contributed by atoms with Crippen molar-refractivity contribution in [2.45, 2.75) is 25.7 Å². The third-order valence-electron chi connectivity index (χ3n) is 5.56. The van der Waals surface area contributed by atoms with Crippen LogP contribution >= 0.6 is 11.3 Å². The Balaban J connectivity index is 0.000000300. The van der Waals surface area contributed by atoms with Gasteiger partial charge in [-0.2, -0.15) is 0 Å². The van der Waals surface area contributed by atoms with Gasteiger partial charge in [-0.1, -0.05) is 12.2 Å². The van der Waals surface area contributed by atoms with E-state index in [1.807, 2.05) is 18.2 Å². The number of rotatable bonds is 5. The fourth-order valence-electron chi connectivity index (χ4n) is 3.90. The third kappa shape index (κ3) is 4.43. The van der Waals surface area contributed by atoms with Gasteiger partial charge in [-0.15, -0.1) is 11.3 Å². The van der Waals surface area contributed by atoms with Gasteiger partial charge in [-0.3, -0.25) is 4.79 Å². The zero-order chi connectivity index (χ0) is 22.5. The lowest BCUT2D eigenvalue weighted by atomic mass is 9.97. The molecule has 0 bridgehead atoms. The van der Waals surface area contributed by atoms with Crippen LogP contribution in [0.15, 0.2) is 30.6 Å². The summed E-state index contributed by atoms with van der Waals surface area (Å²) < 4.78 is 5.45. The number of nitrogens with zero attached hydrogens (tertiary/aromatic N) is 3. The molecular formula is C23H26N6O2S. The predicted molar refractivity (Wildman–Crippen MR) is 129 cm³/mol. The number of thiophene rings is 1. The number of hydrogen-bond donors (Lipinski definition) is 3. The van der Waals surface area contributed by atoms with Crippen molar-refractivity contribution < 1.29 is 9.53 Å². The van der Waals surface area contributed by atoms with Crippen molar-refractivity contribution >= 4 is 51.4 Å². The number of methoxy groups -OCH3 is 1. The smallest absolute Gasteiger partial charge is 0.210 e. The number of nitrogens with two attached hydrogens (primary N) is 1. The topological polar surface area (TPSA) is 117 Å². The van der Waals surface area contributed by atoms with E-state index in [9.17, 15) is 4.79 Å². The van der Waals surface area contributed by atoms with Gasteiger partial charge in [0, 0.05) is 41.5 Å². The zero-order valence-electron chi connectivity index (χ0n) is 17.9. The summed E-state index contributed by atoms with van der Waals surface area (Å²) in [5.41, 5.74) is 9.22. The number of benzene rings is 1. The van der Waals surface area contributed by atoms with E-state index < -0.39 is 0 Å². The van der Waals surface area contributed by atoms with Crippen LogP contribution in [0.3, 0.4) is 0 Å². The number of carbonyl (C=O) groups is 1. The van der Waals surface area contributed by atoms with Crippen LogP contribution in [0.2, 0.25) is 0 Å². The molecule has 0 fully saturated rings. The van der Waals surface area contributed by atoms with Crippen LogP contribution in [-0.4, -0.2) is 47.7 Å². The average Bonchev–Trinajstić information content (AvgIpc) is 3.48. The number of carbonyl (C=O) groups excluding carboxylic acids is 1. The third-order valence-corrected chi connectivity index (χ3v) is 6.76. The Bertz CT molecular complexity index is 1160. The number of aromatic nitrogens is 2. The molecule has 0 unspecified atom stereocenters. The van der Waals surface area contributed by atoms with Crippen LogP contribution in [0.4, 0.5) is 17.2 Å². The summed E-state index contributed by atoms with van der Waals surface area (Å²) >= 11 is 1.77. The number of nitrogen functional groups attached to an aromatic ring is 1. The minimum absolute atomic E-state index is 0.512. The summed E-state index contributed by atoms with van der Waals surface area (Å²) in [7, 11) is 1.60. The van der Waals surface area contributed by atoms with Crippen LogP contribution in [0.25, 0.3) is 10.2 Å². The van der Waals surface area contributed by atoms with E-state index >= 15 is 0 Å². The molecule has 3 aromatic rings. The summed E-state index contributed by atoms with van der Waals surface area (Å²) in [6, 6.07) is 3.54. The first-order valence-electron chi connectivity index (χ1n) is 10.5. The van der Waals surface area contributed by atoms with Crippen LogP contribution in [0.5, 0.6) is 5.75 Å². The van der Waals surface area contributed by atoms with Gasteiger partial charge in [0.25, 0.3) is 0 Å².